The van der Waals surface area contributed by atoms with Gasteiger partial charge in [-0.15, -0.1) is 0 Å². The van der Waals surface area contributed by atoms with Gasteiger partial charge in [-0.05, 0) is 25.0 Å². The summed E-state index contributed by atoms with van der Waals surface area (Å²) in [6.07, 6.45) is -3.31. The molecule has 26 heavy (non-hydrogen) atoms. The Kier molecular flexibility index (Phi) is 4.96. The Bertz CT molecular complexity index is 703. The first kappa shape index (κ1) is 18.7. The van der Waals surface area contributed by atoms with E-state index in [1.807, 2.05) is 0 Å². The summed E-state index contributed by atoms with van der Waals surface area (Å²) in [7, 11) is 0. The molecule has 2 heterocycles. The Morgan fingerprint density at radius 2 is 1.81 bits per heavy atom. The number of ether oxygens (including phenoxy) is 1. The molecule has 2 saturated heterocycles. The summed E-state index contributed by atoms with van der Waals surface area (Å²) >= 11 is 0. The highest BCUT2D eigenvalue weighted by molar-refractivity contribution is 5.96. The van der Waals surface area contributed by atoms with Gasteiger partial charge in [-0.2, -0.15) is 13.2 Å². The molecular formula is C18H21F3N2O3. The maximum absolute atomic E-state index is 13.2. The third kappa shape index (κ3) is 3.70. The van der Waals surface area contributed by atoms with Gasteiger partial charge < -0.3 is 14.5 Å². The smallest absolute Gasteiger partial charge is 0.369 e. The molecule has 1 aromatic rings. The van der Waals surface area contributed by atoms with E-state index in [1.54, 1.807) is 4.90 Å². The van der Waals surface area contributed by atoms with Crippen molar-refractivity contribution in [2.45, 2.75) is 31.5 Å². The third-order valence-corrected chi connectivity index (χ3v) is 4.98. The number of carbonyl (C=O) groups is 2. The molecule has 1 atom stereocenters. The van der Waals surface area contributed by atoms with Gasteiger partial charge in [0.05, 0.1) is 30.8 Å². The van der Waals surface area contributed by atoms with Crippen LogP contribution in [0.5, 0.6) is 0 Å². The average molecular weight is 370 g/mol. The SMILES string of the molecule is CC(=O)N1CCO[C@@]2(CCCN(C(=O)c3ccccc3C(F)(F)F)C2)C1. The number of carbonyl (C=O) groups excluding carboxylic acids is 2. The monoisotopic (exact) mass is 370 g/mol. The number of hydrogen-bond donors (Lipinski definition) is 0. The predicted octanol–water partition coefficient (Wildman–Crippen LogP) is 2.56. The van der Waals surface area contributed by atoms with Gasteiger partial charge in [0.25, 0.3) is 5.91 Å². The van der Waals surface area contributed by atoms with Crippen LogP contribution in [-0.2, 0) is 15.7 Å². The highest BCUT2D eigenvalue weighted by Crippen LogP contribution is 2.34. The van der Waals surface area contributed by atoms with Crippen molar-refractivity contribution >= 4 is 11.8 Å². The van der Waals surface area contributed by atoms with Crippen molar-refractivity contribution in [1.82, 2.24) is 9.80 Å². The molecule has 1 spiro atoms. The molecule has 5 nitrogen and oxygen atoms in total. The average Bonchev–Trinajstić information content (AvgIpc) is 2.60. The van der Waals surface area contributed by atoms with E-state index in [1.165, 1.54) is 30.0 Å². The number of rotatable bonds is 1. The number of amides is 2. The van der Waals surface area contributed by atoms with Crippen molar-refractivity contribution in [1.29, 1.82) is 0 Å². The minimum absolute atomic E-state index is 0.0708. The van der Waals surface area contributed by atoms with Gasteiger partial charge in [0.15, 0.2) is 0 Å². The molecule has 2 fully saturated rings. The number of hydrogen-bond acceptors (Lipinski definition) is 3. The van der Waals surface area contributed by atoms with E-state index in [4.69, 9.17) is 4.74 Å². The predicted molar refractivity (Wildman–Crippen MR) is 87.5 cm³/mol. The van der Waals surface area contributed by atoms with Crippen LogP contribution in [0.25, 0.3) is 0 Å². The number of morpholine rings is 1. The molecule has 0 saturated carbocycles. The largest absolute Gasteiger partial charge is 0.417 e. The number of nitrogens with zero attached hydrogens (tertiary/aromatic N) is 2. The highest BCUT2D eigenvalue weighted by Gasteiger charge is 2.43. The van der Waals surface area contributed by atoms with Gasteiger partial charge in [0.2, 0.25) is 5.91 Å². The maximum atomic E-state index is 13.2. The Labute approximate surface area is 149 Å². The van der Waals surface area contributed by atoms with E-state index in [-0.39, 0.29) is 18.0 Å². The van der Waals surface area contributed by atoms with Crippen LogP contribution in [0, 0.1) is 0 Å². The molecule has 2 aliphatic rings. The lowest BCUT2D eigenvalue weighted by atomic mass is 9.90. The van der Waals surface area contributed by atoms with E-state index in [0.717, 1.165) is 6.07 Å². The molecule has 3 rings (SSSR count). The lowest BCUT2D eigenvalue weighted by Gasteiger charge is -2.47. The molecule has 0 aromatic heterocycles. The summed E-state index contributed by atoms with van der Waals surface area (Å²) in [4.78, 5) is 27.6. The van der Waals surface area contributed by atoms with Crippen LogP contribution in [0.15, 0.2) is 24.3 Å². The Hall–Kier alpha value is -2.09. The van der Waals surface area contributed by atoms with E-state index in [9.17, 15) is 22.8 Å². The molecule has 0 N–H and O–H groups in total. The number of piperidine rings is 1. The maximum Gasteiger partial charge on any atom is 0.417 e. The van der Waals surface area contributed by atoms with Crippen molar-refractivity contribution in [2.75, 3.05) is 32.8 Å². The standard InChI is InChI=1S/C18H21F3N2O3/c1-13(24)22-9-10-26-17(11-22)7-4-8-23(12-17)16(25)14-5-2-3-6-15(14)18(19,20)21/h2-3,5-6H,4,7-12H2,1H3/t17-/m0/s1. The van der Waals surface area contributed by atoms with Crippen LogP contribution >= 0.6 is 0 Å². The van der Waals surface area contributed by atoms with Crippen molar-refractivity contribution in [3.63, 3.8) is 0 Å². The molecule has 1 aromatic carbocycles. The lowest BCUT2D eigenvalue weighted by molar-refractivity contribution is -0.157. The van der Waals surface area contributed by atoms with E-state index in [0.29, 0.717) is 39.1 Å². The molecule has 2 amide bonds. The first-order chi connectivity index (χ1) is 12.2. The Balaban J connectivity index is 1.82. The van der Waals surface area contributed by atoms with Crippen molar-refractivity contribution in [2.24, 2.45) is 0 Å². The van der Waals surface area contributed by atoms with Crippen LogP contribution in [0.4, 0.5) is 13.2 Å². The van der Waals surface area contributed by atoms with E-state index < -0.39 is 23.2 Å². The molecule has 2 aliphatic heterocycles. The molecule has 0 radical (unpaired) electrons. The second-order valence-corrected chi connectivity index (χ2v) is 6.85. The fourth-order valence-electron chi connectivity index (χ4n) is 3.72. The fourth-order valence-corrected chi connectivity index (χ4v) is 3.72. The van der Waals surface area contributed by atoms with Crippen LogP contribution in [-0.4, -0.2) is 60.0 Å². The van der Waals surface area contributed by atoms with Crippen LogP contribution in [0.2, 0.25) is 0 Å². The molecule has 0 bridgehead atoms. The van der Waals surface area contributed by atoms with E-state index in [2.05, 4.69) is 0 Å². The van der Waals surface area contributed by atoms with Crippen LogP contribution in [0.3, 0.4) is 0 Å². The molecule has 142 valence electrons. The second kappa shape index (κ2) is 6.90. The van der Waals surface area contributed by atoms with Crippen LogP contribution in [0.1, 0.15) is 35.7 Å². The minimum atomic E-state index is -4.59. The van der Waals surface area contributed by atoms with Crippen molar-refractivity contribution < 1.29 is 27.5 Å². The Morgan fingerprint density at radius 1 is 1.12 bits per heavy atom. The summed E-state index contributed by atoms with van der Waals surface area (Å²) < 4.78 is 45.6. The lowest BCUT2D eigenvalue weighted by Crippen LogP contribution is -2.61. The van der Waals surface area contributed by atoms with Crippen molar-refractivity contribution in [3.8, 4) is 0 Å². The zero-order chi connectivity index (χ0) is 18.9. The van der Waals surface area contributed by atoms with Crippen LogP contribution < -0.4 is 0 Å². The molecule has 0 aliphatic carbocycles. The summed E-state index contributed by atoms with van der Waals surface area (Å²) in [5.41, 5.74) is -1.99. The summed E-state index contributed by atoms with van der Waals surface area (Å²) in [6, 6.07) is 4.82. The first-order valence-corrected chi connectivity index (χ1v) is 8.57. The topological polar surface area (TPSA) is 49.9 Å². The third-order valence-electron chi connectivity index (χ3n) is 4.98. The van der Waals surface area contributed by atoms with Gasteiger partial charge in [-0.25, -0.2) is 0 Å². The summed E-state index contributed by atoms with van der Waals surface area (Å²) in [5, 5.41) is 0. The molecule has 8 heteroatoms. The number of benzene rings is 1. The quantitative estimate of drug-likeness (QED) is 0.764. The van der Waals surface area contributed by atoms with E-state index >= 15 is 0 Å². The zero-order valence-corrected chi connectivity index (χ0v) is 14.5. The zero-order valence-electron chi connectivity index (χ0n) is 14.5. The first-order valence-electron chi connectivity index (χ1n) is 8.57. The van der Waals surface area contributed by atoms with Crippen molar-refractivity contribution in [3.05, 3.63) is 35.4 Å². The fraction of sp³-hybridized carbons (Fsp3) is 0.556. The van der Waals surface area contributed by atoms with Gasteiger partial charge in [-0.1, -0.05) is 12.1 Å². The van der Waals surface area contributed by atoms with Gasteiger partial charge in [0, 0.05) is 20.0 Å². The highest BCUT2D eigenvalue weighted by atomic mass is 19.4. The number of halogens is 3. The van der Waals surface area contributed by atoms with Gasteiger partial charge >= 0.3 is 6.18 Å². The summed E-state index contributed by atoms with van der Waals surface area (Å²) in [6.45, 7) is 3.23. The minimum Gasteiger partial charge on any atom is -0.369 e. The molecule has 0 unspecified atom stereocenters. The molecular weight excluding hydrogens is 349 g/mol. The normalized spacial score (nSPS) is 24.0. The summed E-state index contributed by atoms with van der Waals surface area (Å²) in [5.74, 6) is -0.723. The number of likely N-dealkylation sites (tertiary alicyclic amines) is 1. The van der Waals surface area contributed by atoms with Gasteiger partial charge in [0.1, 0.15) is 5.60 Å². The van der Waals surface area contributed by atoms with Gasteiger partial charge in [-0.3, -0.25) is 9.59 Å². The second-order valence-electron chi connectivity index (χ2n) is 6.85. The Morgan fingerprint density at radius 3 is 2.50 bits per heavy atom. The number of alkyl halides is 3.